The highest BCUT2D eigenvalue weighted by Crippen LogP contribution is 2.15. The van der Waals surface area contributed by atoms with Crippen LogP contribution in [-0.2, 0) is 11.3 Å². The van der Waals surface area contributed by atoms with Crippen LogP contribution < -0.4 is 10.1 Å². The SMILES string of the molecule is CCC(C)Oc1cc(NC)nc(COC)n1. The van der Waals surface area contributed by atoms with Crippen LogP contribution in [0.25, 0.3) is 0 Å². The lowest BCUT2D eigenvalue weighted by molar-refractivity contribution is 0.172. The molecule has 1 aromatic heterocycles. The quantitative estimate of drug-likeness (QED) is 0.800. The van der Waals surface area contributed by atoms with Crippen molar-refractivity contribution in [3.63, 3.8) is 0 Å². The molecule has 90 valence electrons. The van der Waals surface area contributed by atoms with E-state index in [-0.39, 0.29) is 6.10 Å². The van der Waals surface area contributed by atoms with Crippen molar-refractivity contribution in [2.45, 2.75) is 33.0 Å². The van der Waals surface area contributed by atoms with Crippen molar-refractivity contribution in [3.05, 3.63) is 11.9 Å². The fourth-order valence-electron chi connectivity index (χ4n) is 1.14. The maximum Gasteiger partial charge on any atom is 0.219 e. The summed E-state index contributed by atoms with van der Waals surface area (Å²) in [5.74, 6) is 1.94. The molecular formula is C11H19N3O2. The van der Waals surface area contributed by atoms with Gasteiger partial charge in [0.05, 0.1) is 6.10 Å². The van der Waals surface area contributed by atoms with Crippen LogP contribution in [0.1, 0.15) is 26.1 Å². The van der Waals surface area contributed by atoms with Crippen molar-refractivity contribution in [2.75, 3.05) is 19.5 Å². The first kappa shape index (κ1) is 12.7. The number of ether oxygens (including phenoxy) is 2. The number of methoxy groups -OCH3 is 1. The second-order valence-electron chi connectivity index (χ2n) is 3.53. The third-order valence-corrected chi connectivity index (χ3v) is 2.18. The molecule has 1 aromatic rings. The summed E-state index contributed by atoms with van der Waals surface area (Å²) < 4.78 is 10.7. The molecule has 0 bridgehead atoms. The molecule has 16 heavy (non-hydrogen) atoms. The summed E-state index contributed by atoms with van der Waals surface area (Å²) in [4.78, 5) is 8.51. The van der Waals surface area contributed by atoms with E-state index in [0.717, 1.165) is 12.2 Å². The van der Waals surface area contributed by atoms with E-state index < -0.39 is 0 Å². The van der Waals surface area contributed by atoms with E-state index in [1.807, 2.05) is 14.0 Å². The van der Waals surface area contributed by atoms with Gasteiger partial charge in [-0.2, -0.15) is 4.98 Å². The third-order valence-electron chi connectivity index (χ3n) is 2.18. The van der Waals surface area contributed by atoms with E-state index in [1.165, 1.54) is 0 Å². The minimum atomic E-state index is 0.148. The van der Waals surface area contributed by atoms with Gasteiger partial charge in [0.2, 0.25) is 5.88 Å². The van der Waals surface area contributed by atoms with Gasteiger partial charge in [-0.05, 0) is 13.3 Å². The molecule has 0 aliphatic heterocycles. The number of nitrogens with zero attached hydrogens (tertiary/aromatic N) is 2. The summed E-state index contributed by atoms with van der Waals surface area (Å²) in [6, 6.07) is 1.78. The Morgan fingerprint density at radius 3 is 2.75 bits per heavy atom. The van der Waals surface area contributed by atoms with Crippen LogP contribution in [0.2, 0.25) is 0 Å². The Balaban J connectivity index is 2.85. The fourth-order valence-corrected chi connectivity index (χ4v) is 1.14. The van der Waals surface area contributed by atoms with E-state index in [1.54, 1.807) is 13.2 Å². The van der Waals surface area contributed by atoms with Gasteiger partial charge in [0.1, 0.15) is 12.4 Å². The van der Waals surface area contributed by atoms with Crippen LogP contribution >= 0.6 is 0 Å². The topological polar surface area (TPSA) is 56.3 Å². The summed E-state index contributed by atoms with van der Waals surface area (Å²) in [6.45, 7) is 4.46. The fraction of sp³-hybridized carbons (Fsp3) is 0.636. The van der Waals surface area contributed by atoms with E-state index in [2.05, 4.69) is 22.2 Å². The minimum absolute atomic E-state index is 0.148. The van der Waals surface area contributed by atoms with Crippen LogP contribution in [0.3, 0.4) is 0 Å². The molecule has 1 unspecified atom stereocenters. The normalized spacial score (nSPS) is 12.2. The van der Waals surface area contributed by atoms with Gasteiger partial charge >= 0.3 is 0 Å². The van der Waals surface area contributed by atoms with E-state index >= 15 is 0 Å². The van der Waals surface area contributed by atoms with Crippen molar-refractivity contribution in [2.24, 2.45) is 0 Å². The van der Waals surface area contributed by atoms with E-state index in [0.29, 0.717) is 18.3 Å². The molecule has 0 aliphatic carbocycles. The highest BCUT2D eigenvalue weighted by Gasteiger charge is 2.07. The van der Waals surface area contributed by atoms with Gasteiger partial charge in [-0.25, -0.2) is 4.98 Å². The summed E-state index contributed by atoms with van der Waals surface area (Å²) in [6.07, 6.45) is 1.09. The summed E-state index contributed by atoms with van der Waals surface area (Å²) >= 11 is 0. The summed E-state index contributed by atoms with van der Waals surface area (Å²) in [5.41, 5.74) is 0. The first-order valence-corrected chi connectivity index (χ1v) is 5.40. The molecular weight excluding hydrogens is 206 g/mol. The Morgan fingerprint density at radius 1 is 1.44 bits per heavy atom. The largest absolute Gasteiger partial charge is 0.475 e. The summed E-state index contributed by atoms with van der Waals surface area (Å²) in [5, 5.41) is 2.97. The molecule has 0 radical (unpaired) electrons. The van der Waals surface area contributed by atoms with Crippen molar-refractivity contribution in [3.8, 4) is 5.88 Å². The molecule has 0 saturated heterocycles. The average Bonchev–Trinajstić information content (AvgIpc) is 2.29. The van der Waals surface area contributed by atoms with E-state index in [9.17, 15) is 0 Å². The van der Waals surface area contributed by atoms with Gasteiger partial charge in [0, 0.05) is 20.2 Å². The van der Waals surface area contributed by atoms with Crippen LogP contribution in [0, 0.1) is 0 Å². The zero-order valence-corrected chi connectivity index (χ0v) is 10.3. The van der Waals surface area contributed by atoms with E-state index in [4.69, 9.17) is 9.47 Å². The Kier molecular flexibility index (Phi) is 4.98. The smallest absolute Gasteiger partial charge is 0.219 e. The van der Waals surface area contributed by atoms with Crippen molar-refractivity contribution in [1.29, 1.82) is 0 Å². The number of rotatable bonds is 6. The van der Waals surface area contributed by atoms with Crippen molar-refractivity contribution in [1.82, 2.24) is 9.97 Å². The monoisotopic (exact) mass is 225 g/mol. The summed E-state index contributed by atoms with van der Waals surface area (Å²) in [7, 11) is 3.43. The van der Waals surface area contributed by atoms with Crippen molar-refractivity contribution >= 4 is 5.82 Å². The first-order chi connectivity index (χ1) is 7.69. The van der Waals surface area contributed by atoms with Gasteiger partial charge < -0.3 is 14.8 Å². The van der Waals surface area contributed by atoms with Gasteiger partial charge in [-0.1, -0.05) is 6.92 Å². The Hall–Kier alpha value is -1.36. The van der Waals surface area contributed by atoms with Gasteiger partial charge in [0.25, 0.3) is 0 Å². The molecule has 0 amide bonds. The molecule has 5 nitrogen and oxygen atoms in total. The molecule has 1 atom stereocenters. The average molecular weight is 225 g/mol. The van der Waals surface area contributed by atoms with Crippen LogP contribution in [0.5, 0.6) is 5.88 Å². The highest BCUT2D eigenvalue weighted by molar-refractivity contribution is 5.37. The number of nitrogens with one attached hydrogen (secondary N) is 1. The molecule has 1 N–H and O–H groups in total. The highest BCUT2D eigenvalue weighted by atomic mass is 16.5. The number of aromatic nitrogens is 2. The second kappa shape index (κ2) is 6.27. The maximum absolute atomic E-state index is 5.65. The zero-order valence-electron chi connectivity index (χ0n) is 10.3. The first-order valence-electron chi connectivity index (χ1n) is 5.40. The van der Waals surface area contributed by atoms with Crippen molar-refractivity contribution < 1.29 is 9.47 Å². The molecule has 0 fully saturated rings. The van der Waals surface area contributed by atoms with Gasteiger partial charge in [-0.15, -0.1) is 0 Å². The molecule has 0 spiro atoms. The Morgan fingerprint density at radius 2 is 2.19 bits per heavy atom. The zero-order chi connectivity index (χ0) is 12.0. The van der Waals surface area contributed by atoms with Crippen LogP contribution in [-0.4, -0.2) is 30.2 Å². The standard InChI is InChI=1S/C11H19N3O2/c1-5-8(2)16-11-6-9(12-3)13-10(14-11)7-15-4/h6,8H,5,7H2,1-4H3,(H,12,13,14). The lowest BCUT2D eigenvalue weighted by atomic mass is 10.3. The Bertz CT molecular complexity index is 331. The minimum Gasteiger partial charge on any atom is -0.475 e. The van der Waals surface area contributed by atoms with Crippen LogP contribution in [0.4, 0.5) is 5.82 Å². The third kappa shape index (κ3) is 3.66. The lowest BCUT2D eigenvalue weighted by Gasteiger charge is -2.13. The van der Waals surface area contributed by atoms with Gasteiger partial charge in [0.15, 0.2) is 5.82 Å². The molecule has 0 saturated carbocycles. The number of hydrogen-bond acceptors (Lipinski definition) is 5. The van der Waals surface area contributed by atoms with Gasteiger partial charge in [-0.3, -0.25) is 0 Å². The molecule has 5 heteroatoms. The van der Waals surface area contributed by atoms with Crippen LogP contribution in [0.15, 0.2) is 6.07 Å². The number of anilines is 1. The molecule has 0 aromatic carbocycles. The second-order valence-corrected chi connectivity index (χ2v) is 3.53. The molecule has 1 heterocycles. The predicted molar refractivity (Wildman–Crippen MR) is 62.7 cm³/mol. The Labute approximate surface area is 96.2 Å². The lowest BCUT2D eigenvalue weighted by Crippen LogP contribution is -2.12. The maximum atomic E-state index is 5.65. The molecule has 1 rings (SSSR count). The molecule has 0 aliphatic rings. The predicted octanol–water partition coefficient (Wildman–Crippen LogP) is 1.84. The number of hydrogen-bond donors (Lipinski definition) is 1.